The second-order valence-electron chi connectivity index (χ2n) is 13.1. The van der Waals surface area contributed by atoms with Gasteiger partial charge < -0.3 is 19.3 Å². The van der Waals surface area contributed by atoms with Gasteiger partial charge in [-0.15, -0.1) is 0 Å². The molecule has 0 aromatic carbocycles. The van der Waals surface area contributed by atoms with E-state index in [1.807, 2.05) is 6.92 Å². The molecule has 7 nitrogen and oxygen atoms in total. The third kappa shape index (κ3) is 3.43. The summed E-state index contributed by atoms with van der Waals surface area (Å²) in [4.78, 5) is 39.8. The van der Waals surface area contributed by atoms with Gasteiger partial charge in [-0.2, -0.15) is 0 Å². The summed E-state index contributed by atoms with van der Waals surface area (Å²) in [6.45, 7) is 12.9. The highest BCUT2D eigenvalue weighted by atomic mass is 16.7. The number of Topliss-reactive ketones (excluding diaryl/α,β-unsaturated/α-hetero) is 1. The minimum Gasteiger partial charge on any atom is -0.455 e. The molecule has 0 aromatic rings. The number of ketones is 1. The van der Waals surface area contributed by atoms with Crippen LogP contribution >= 0.6 is 0 Å². The van der Waals surface area contributed by atoms with Gasteiger partial charge in [0.15, 0.2) is 0 Å². The number of epoxide rings is 1. The highest BCUT2D eigenvalue weighted by molar-refractivity contribution is 5.89. The van der Waals surface area contributed by atoms with Crippen LogP contribution in [0.3, 0.4) is 0 Å². The van der Waals surface area contributed by atoms with E-state index in [0.29, 0.717) is 30.4 Å². The maximum Gasteiger partial charge on any atom is 0.333 e. The van der Waals surface area contributed by atoms with Crippen molar-refractivity contribution in [2.75, 3.05) is 0 Å². The molecule has 0 amide bonds. The van der Waals surface area contributed by atoms with Gasteiger partial charge in [0.1, 0.15) is 29.2 Å². The van der Waals surface area contributed by atoms with Crippen molar-refractivity contribution in [3.05, 3.63) is 23.3 Å². The summed E-state index contributed by atoms with van der Waals surface area (Å²) < 4.78 is 19.8. The molecule has 2 spiro atoms. The highest BCUT2D eigenvalue weighted by Crippen LogP contribution is 2.81. The molecule has 0 radical (unpaired) electrons. The van der Waals surface area contributed by atoms with Crippen LogP contribution < -0.4 is 0 Å². The second kappa shape index (κ2) is 9.02. The Kier molecular flexibility index (Phi) is 6.54. The lowest BCUT2D eigenvalue weighted by Gasteiger charge is -2.61. The molecule has 1 saturated heterocycles. The SMILES string of the molecule is C/C=C(\C)C(=O)O[C@@H]1[C@@H](OC(=O)/C(C)=C/C)[C@]2(C)[C@@H](C(C)=O)CC[C@@]23O[C@]32CC[C@H]3C[C@@H](O)CC[C@]3(C)[C@@H]12. The van der Waals surface area contributed by atoms with E-state index >= 15 is 0 Å². The summed E-state index contributed by atoms with van der Waals surface area (Å²) >= 11 is 0. The molecule has 5 fully saturated rings. The van der Waals surface area contributed by atoms with Crippen molar-refractivity contribution < 1.29 is 33.7 Å². The van der Waals surface area contributed by atoms with Crippen molar-refractivity contribution in [1.29, 1.82) is 0 Å². The Morgan fingerprint density at radius 2 is 1.53 bits per heavy atom. The molecule has 1 heterocycles. The molecule has 1 aliphatic heterocycles. The molecule has 0 aromatic heterocycles. The maximum atomic E-state index is 13.4. The van der Waals surface area contributed by atoms with Gasteiger partial charge in [0.25, 0.3) is 0 Å². The van der Waals surface area contributed by atoms with Gasteiger partial charge in [-0.3, -0.25) is 4.79 Å². The molecule has 1 N–H and O–H groups in total. The van der Waals surface area contributed by atoms with Gasteiger partial charge >= 0.3 is 11.9 Å². The summed E-state index contributed by atoms with van der Waals surface area (Å²) in [7, 11) is 0. The van der Waals surface area contributed by atoms with E-state index in [1.54, 1.807) is 46.8 Å². The van der Waals surface area contributed by atoms with E-state index in [0.717, 1.165) is 25.7 Å². The monoisotopic (exact) mass is 528 g/mol. The van der Waals surface area contributed by atoms with E-state index in [2.05, 4.69) is 6.92 Å². The number of hydrogen-bond acceptors (Lipinski definition) is 7. The van der Waals surface area contributed by atoms with Gasteiger partial charge in [-0.1, -0.05) is 26.0 Å². The number of hydrogen-bond donors (Lipinski definition) is 1. The number of esters is 2. The number of ether oxygens (including phenoxy) is 3. The van der Waals surface area contributed by atoms with Crippen molar-refractivity contribution in [1.82, 2.24) is 0 Å². The van der Waals surface area contributed by atoms with E-state index in [1.165, 1.54) is 0 Å². The third-order valence-electron chi connectivity index (χ3n) is 11.7. The fraction of sp³-hybridized carbons (Fsp3) is 0.774. The quantitative estimate of drug-likeness (QED) is 0.309. The zero-order chi connectivity index (χ0) is 27.8. The molecule has 210 valence electrons. The maximum absolute atomic E-state index is 13.4. The van der Waals surface area contributed by atoms with Crippen LogP contribution in [-0.4, -0.2) is 52.3 Å². The summed E-state index contributed by atoms with van der Waals surface area (Å²) in [5, 5.41) is 10.6. The zero-order valence-electron chi connectivity index (χ0n) is 24.0. The predicted octanol–water partition coefficient (Wildman–Crippen LogP) is 4.85. The molecule has 38 heavy (non-hydrogen) atoms. The molecule has 7 heteroatoms. The molecular weight excluding hydrogens is 484 g/mol. The van der Waals surface area contributed by atoms with E-state index < -0.39 is 40.8 Å². The number of rotatable bonds is 5. The number of carbonyl (C=O) groups excluding carboxylic acids is 3. The van der Waals surface area contributed by atoms with Crippen LogP contribution in [0.25, 0.3) is 0 Å². The normalized spacial score (nSPS) is 47.7. The Morgan fingerprint density at radius 3 is 2.13 bits per heavy atom. The Labute approximate surface area is 226 Å². The lowest BCUT2D eigenvalue weighted by Crippen LogP contribution is -2.70. The molecule has 0 unspecified atom stereocenters. The number of allylic oxidation sites excluding steroid dienone is 2. The smallest absolute Gasteiger partial charge is 0.333 e. The topological polar surface area (TPSA) is 102 Å². The summed E-state index contributed by atoms with van der Waals surface area (Å²) in [5.41, 5.74) is -1.31. The van der Waals surface area contributed by atoms with E-state index in [4.69, 9.17) is 14.2 Å². The van der Waals surface area contributed by atoms with Crippen molar-refractivity contribution >= 4 is 17.7 Å². The summed E-state index contributed by atoms with van der Waals surface area (Å²) in [5.74, 6) is -1.18. The van der Waals surface area contributed by atoms with Crippen LogP contribution in [0.5, 0.6) is 0 Å². The number of aliphatic hydroxyl groups excluding tert-OH is 1. The van der Waals surface area contributed by atoms with Crippen molar-refractivity contribution in [3.8, 4) is 0 Å². The lowest BCUT2D eigenvalue weighted by atomic mass is 9.43. The van der Waals surface area contributed by atoms with Crippen LogP contribution in [-0.2, 0) is 28.6 Å². The Balaban J connectivity index is 1.70. The Morgan fingerprint density at radius 1 is 0.895 bits per heavy atom. The van der Waals surface area contributed by atoms with Crippen LogP contribution in [0.15, 0.2) is 23.3 Å². The first-order valence-corrected chi connectivity index (χ1v) is 14.4. The standard InChI is InChI=1S/C31H44O7/c1-8-17(3)26(34)36-23-24-28(6)13-11-21(33)16-20(28)10-14-30(24)31(38-30)15-12-22(19(5)32)29(31,7)25(23)37-27(35)18(4)9-2/h8-9,20-25,33H,10-16H2,1-7H3/b17-8+,18-9+/t20-,21-,22+,23-,24+,25+,28-,29-,30-,31+/m0/s1. The highest BCUT2D eigenvalue weighted by Gasteiger charge is 2.91. The molecule has 5 rings (SSSR count). The summed E-state index contributed by atoms with van der Waals surface area (Å²) in [6.07, 6.45) is 6.75. The molecular formula is C31H44O7. The van der Waals surface area contributed by atoms with Gasteiger partial charge in [-0.05, 0) is 90.9 Å². The summed E-state index contributed by atoms with van der Waals surface area (Å²) in [6, 6.07) is 0. The molecule has 10 atom stereocenters. The molecule has 4 aliphatic carbocycles. The van der Waals surface area contributed by atoms with E-state index in [-0.39, 0.29) is 35.1 Å². The third-order valence-corrected chi connectivity index (χ3v) is 11.7. The molecule has 5 aliphatic rings. The van der Waals surface area contributed by atoms with Gasteiger partial charge in [0.05, 0.1) is 6.10 Å². The van der Waals surface area contributed by atoms with Crippen LogP contribution in [0.4, 0.5) is 0 Å². The minimum atomic E-state index is -0.835. The Hall–Kier alpha value is -1.99. The van der Waals surface area contributed by atoms with Crippen LogP contribution in [0, 0.1) is 28.6 Å². The zero-order valence-corrected chi connectivity index (χ0v) is 24.0. The first-order chi connectivity index (χ1) is 17.8. The van der Waals surface area contributed by atoms with Crippen molar-refractivity contribution in [2.24, 2.45) is 28.6 Å². The van der Waals surface area contributed by atoms with Gasteiger partial charge in [0, 0.05) is 28.4 Å². The fourth-order valence-corrected chi connectivity index (χ4v) is 9.40. The van der Waals surface area contributed by atoms with Gasteiger partial charge in [-0.25, -0.2) is 9.59 Å². The number of fused-ring (bicyclic) bond motifs is 2. The van der Waals surface area contributed by atoms with Gasteiger partial charge in [0.2, 0.25) is 0 Å². The van der Waals surface area contributed by atoms with Crippen LogP contribution in [0.2, 0.25) is 0 Å². The van der Waals surface area contributed by atoms with E-state index in [9.17, 15) is 19.5 Å². The fourth-order valence-electron chi connectivity index (χ4n) is 9.40. The second-order valence-corrected chi connectivity index (χ2v) is 13.1. The Bertz CT molecular complexity index is 1110. The molecule has 0 bridgehead atoms. The van der Waals surface area contributed by atoms with Crippen molar-refractivity contribution in [2.45, 2.75) is 123 Å². The first-order valence-electron chi connectivity index (χ1n) is 14.4. The molecule has 4 saturated carbocycles. The number of aliphatic hydroxyl groups is 1. The predicted molar refractivity (Wildman–Crippen MR) is 141 cm³/mol. The first kappa shape index (κ1) is 27.6. The number of carbonyl (C=O) groups is 3. The average Bonchev–Trinajstić information content (AvgIpc) is 3.43. The average molecular weight is 529 g/mol. The lowest BCUT2D eigenvalue weighted by molar-refractivity contribution is -0.222. The van der Waals surface area contributed by atoms with Crippen LogP contribution in [0.1, 0.15) is 93.4 Å². The van der Waals surface area contributed by atoms with Crippen molar-refractivity contribution in [3.63, 3.8) is 0 Å². The minimum absolute atomic E-state index is 0.0488. The largest absolute Gasteiger partial charge is 0.455 e.